The molecule has 0 atom stereocenters. The van der Waals surface area contributed by atoms with Crippen LogP contribution in [0.15, 0.2) is 18.2 Å². The summed E-state index contributed by atoms with van der Waals surface area (Å²) in [5, 5.41) is 9.14. The third-order valence-electron chi connectivity index (χ3n) is 2.83. The van der Waals surface area contributed by atoms with Crippen molar-refractivity contribution in [1.82, 2.24) is 0 Å². The molecule has 19 heavy (non-hydrogen) atoms. The fraction of sp³-hybridized carbons (Fsp3) is 0.533. The maximum atomic E-state index is 11.1. The summed E-state index contributed by atoms with van der Waals surface area (Å²) in [6.45, 7) is 10.3. The molecule has 0 bridgehead atoms. The maximum absolute atomic E-state index is 11.1. The van der Waals surface area contributed by atoms with E-state index in [0.29, 0.717) is 17.5 Å². The molecule has 0 unspecified atom stereocenters. The van der Waals surface area contributed by atoms with E-state index in [1.807, 2.05) is 6.07 Å². The van der Waals surface area contributed by atoms with Crippen LogP contribution in [0.1, 0.15) is 38.1 Å². The highest BCUT2D eigenvalue weighted by Crippen LogP contribution is 2.28. The summed E-state index contributed by atoms with van der Waals surface area (Å²) in [5.41, 5.74) is 7.37. The van der Waals surface area contributed by atoms with Gasteiger partial charge in [-0.15, -0.1) is 0 Å². The number of anilines is 2. The summed E-state index contributed by atoms with van der Waals surface area (Å²) in [6, 6.07) is 5.19. The Morgan fingerprint density at radius 3 is 2.16 bits per heavy atom. The Morgan fingerprint density at radius 2 is 1.74 bits per heavy atom. The van der Waals surface area contributed by atoms with Gasteiger partial charge in [0.1, 0.15) is 0 Å². The van der Waals surface area contributed by atoms with Crippen LogP contribution in [0.3, 0.4) is 0 Å². The highest BCUT2D eigenvalue weighted by atomic mass is 16.4. The molecule has 0 aliphatic rings. The number of nitrogens with two attached hydrogens (primary N) is 1. The van der Waals surface area contributed by atoms with Crippen molar-refractivity contribution in [2.24, 2.45) is 11.8 Å². The molecular formula is C15H24N2O2. The summed E-state index contributed by atoms with van der Waals surface area (Å²) >= 11 is 0. The topological polar surface area (TPSA) is 66.6 Å². The number of hydrogen-bond acceptors (Lipinski definition) is 3. The van der Waals surface area contributed by atoms with Crippen molar-refractivity contribution in [3.63, 3.8) is 0 Å². The highest BCUT2D eigenvalue weighted by molar-refractivity contribution is 5.97. The van der Waals surface area contributed by atoms with E-state index >= 15 is 0 Å². The van der Waals surface area contributed by atoms with Gasteiger partial charge < -0.3 is 15.7 Å². The molecule has 1 rings (SSSR count). The van der Waals surface area contributed by atoms with E-state index in [-0.39, 0.29) is 5.56 Å². The lowest BCUT2D eigenvalue weighted by atomic mass is 10.1. The number of aromatic carboxylic acids is 1. The van der Waals surface area contributed by atoms with Gasteiger partial charge in [0.25, 0.3) is 0 Å². The van der Waals surface area contributed by atoms with E-state index in [2.05, 4.69) is 32.6 Å². The zero-order chi connectivity index (χ0) is 14.6. The first kappa shape index (κ1) is 15.3. The Labute approximate surface area is 115 Å². The second-order valence-electron chi connectivity index (χ2n) is 5.74. The van der Waals surface area contributed by atoms with Crippen molar-refractivity contribution in [3.05, 3.63) is 23.8 Å². The fourth-order valence-electron chi connectivity index (χ4n) is 2.17. The Bertz CT molecular complexity index is 432. The number of benzene rings is 1. The molecule has 0 spiro atoms. The van der Waals surface area contributed by atoms with Crippen molar-refractivity contribution in [2.45, 2.75) is 27.7 Å². The lowest BCUT2D eigenvalue weighted by Gasteiger charge is -2.30. The van der Waals surface area contributed by atoms with Gasteiger partial charge in [-0.1, -0.05) is 33.8 Å². The van der Waals surface area contributed by atoms with Crippen LogP contribution in [0.2, 0.25) is 0 Å². The van der Waals surface area contributed by atoms with E-state index in [9.17, 15) is 4.79 Å². The molecule has 0 amide bonds. The van der Waals surface area contributed by atoms with Crippen molar-refractivity contribution >= 4 is 17.3 Å². The highest BCUT2D eigenvalue weighted by Gasteiger charge is 2.17. The molecular weight excluding hydrogens is 240 g/mol. The first-order valence-corrected chi connectivity index (χ1v) is 6.69. The predicted octanol–water partition coefficient (Wildman–Crippen LogP) is 3.09. The van der Waals surface area contributed by atoms with Gasteiger partial charge in [-0.2, -0.15) is 0 Å². The third kappa shape index (κ3) is 4.16. The van der Waals surface area contributed by atoms with Crippen LogP contribution in [-0.4, -0.2) is 24.2 Å². The van der Waals surface area contributed by atoms with Crippen LogP contribution >= 0.6 is 0 Å². The number of para-hydroxylation sites is 1. The Kier molecular flexibility index (Phi) is 5.21. The smallest absolute Gasteiger partial charge is 0.337 e. The molecule has 3 N–H and O–H groups in total. The zero-order valence-corrected chi connectivity index (χ0v) is 12.2. The average Bonchev–Trinajstić information content (AvgIpc) is 2.26. The van der Waals surface area contributed by atoms with Gasteiger partial charge in [0, 0.05) is 13.1 Å². The second kappa shape index (κ2) is 6.45. The summed E-state index contributed by atoms with van der Waals surface area (Å²) in [4.78, 5) is 13.3. The van der Waals surface area contributed by atoms with Crippen LogP contribution < -0.4 is 10.6 Å². The number of carboxylic acids is 1. The molecule has 0 aromatic heterocycles. The minimum Gasteiger partial charge on any atom is -0.478 e. The van der Waals surface area contributed by atoms with Crippen molar-refractivity contribution in [3.8, 4) is 0 Å². The molecule has 0 aliphatic carbocycles. The SMILES string of the molecule is CC(C)CN(CC(C)C)c1cccc(C(=O)O)c1N. The number of carbonyl (C=O) groups is 1. The van der Waals surface area contributed by atoms with Crippen molar-refractivity contribution in [1.29, 1.82) is 0 Å². The van der Waals surface area contributed by atoms with Gasteiger partial charge in [0.2, 0.25) is 0 Å². The monoisotopic (exact) mass is 264 g/mol. The average molecular weight is 264 g/mol. The first-order valence-electron chi connectivity index (χ1n) is 6.69. The van der Waals surface area contributed by atoms with E-state index in [1.54, 1.807) is 12.1 Å². The number of carboxylic acid groups (broad SMARTS) is 1. The lowest BCUT2D eigenvalue weighted by molar-refractivity contribution is 0.0698. The number of nitrogens with zero attached hydrogens (tertiary/aromatic N) is 1. The minimum absolute atomic E-state index is 0.176. The molecule has 0 fully saturated rings. The Hall–Kier alpha value is -1.71. The maximum Gasteiger partial charge on any atom is 0.337 e. The van der Waals surface area contributed by atoms with Gasteiger partial charge >= 0.3 is 5.97 Å². The van der Waals surface area contributed by atoms with Gasteiger partial charge in [0.15, 0.2) is 0 Å². The van der Waals surface area contributed by atoms with Crippen LogP contribution in [0.4, 0.5) is 11.4 Å². The Morgan fingerprint density at radius 1 is 1.21 bits per heavy atom. The summed E-state index contributed by atoms with van der Waals surface area (Å²) in [7, 11) is 0. The first-order chi connectivity index (χ1) is 8.82. The lowest BCUT2D eigenvalue weighted by Crippen LogP contribution is -2.32. The van der Waals surface area contributed by atoms with E-state index in [1.165, 1.54) is 0 Å². The molecule has 0 saturated heterocycles. The molecule has 0 heterocycles. The number of nitrogen functional groups attached to an aromatic ring is 1. The summed E-state index contributed by atoms with van der Waals surface area (Å²) in [6.07, 6.45) is 0. The molecule has 1 aromatic carbocycles. The van der Waals surface area contributed by atoms with Gasteiger partial charge in [-0.25, -0.2) is 4.79 Å². The normalized spacial score (nSPS) is 11.1. The minimum atomic E-state index is -0.978. The summed E-state index contributed by atoms with van der Waals surface area (Å²) < 4.78 is 0. The van der Waals surface area contributed by atoms with E-state index in [0.717, 1.165) is 18.8 Å². The molecule has 4 nitrogen and oxygen atoms in total. The molecule has 0 saturated carbocycles. The molecule has 106 valence electrons. The summed E-state index contributed by atoms with van der Waals surface area (Å²) in [5.74, 6) is 0.00617. The molecule has 0 radical (unpaired) electrons. The van der Waals surface area contributed by atoms with Crippen molar-refractivity contribution in [2.75, 3.05) is 23.7 Å². The standard InChI is InChI=1S/C15H24N2O2/c1-10(2)8-17(9-11(3)4)13-7-5-6-12(14(13)16)15(18)19/h5-7,10-11H,8-9,16H2,1-4H3,(H,18,19). The van der Waals surface area contributed by atoms with Crippen LogP contribution in [-0.2, 0) is 0 Å². The predicted molar refractivity (Wildman–Crippen MR) is 79.7 cm³/mol. The van der Waals surface area contributed by atoms with E-state index < -0.39 is 5.97 Å². The van der Waals surface area contributed by atoms with Crippen molar-refractivity contribution < 1.29 is 9.90 Å². The largest absolute Gasteiger partial charge is 0.478 e. The van der Waals surface area contributed by atoms with Crippen LogP contribution in [0.25, 0.3) is 0 Å². The second-order valence-corrected chi connectivity index (χ2v) is 5.74. The van der Waals surface area contributed by atoms with Crippen LogP contribution in [0, 0.1) is 11.8 Å². The van der Waals surface area contributed by atoms with Gasteiger partial charge in [-0.3, -0.25) is 0 Å². The quantitative estimate of drug-likeness (QED) is 0.775. The molecule has 0 aliphatic heterocycles. The third-order valence-corrected chi connectivity index (χ3v) is 2.83. The van der Waals surface area contributed by atoms with E-state index in [4.69, 9.17) is 10.8 Å². The fourth-order valence-corrected chi connectivity index (χ4v) is 2.17. The molecule has 4 heteroatoms. The molecule has 1 aromatic rings. The number of hydrogen-bond donors (Lipinski definition) is 2. The Balaban J connectivity index is 3.14. The van der Waals surface area contributed by atoms with Gasteiger partial charge in [0.05, 0.1) is 16.9 Å². The van der Waals surface area contributed by atoms with Crippen LogP contribution in [0.5, 0.6) is 0 Å². The zero-order valence-electron chi connectivity index (χ0n) is 12.2. The number of rotatable bonds is 6. The van der Waals surface area contributed by atoms with Gasteiger partial charge in [-0.05, 0) is 24.0 Å².